The molecule has 2 heterocycles. The van der Waals surface area contributed by atoms with Crippen LogP contribution in [0.2, 0.25) is 0 Å². The van der Waals surface area contributed by atoms with E-state index in [2.05, 4.69) is 15.2 Å². The van der Waals surface area contributed by atoms with Crippen LogP contribution in [0.15, 0.2) is 47.4 Å². The first-order valence-corrected chi connectivity index (χ1v) is 11.4. The molecular formula is C21H22N4O3S. The van der Waals surface area contributed by atoms with Crippen molar-refractivity contribution in [2.24, 2.45) is 0 Å². The van der Waals surface area contributed by atoms with Crippen LogP contribution in [0.3, 0.4) is 0 Å². The Hall–Kier alpha value is -3.00. The minimum atomic E-state index is -3.43. The maximum Gasteiger partial charge on any atom is 0.256 e. The second kappa shape index (κ2) is 7.44. The Morgan fingerprint density at radius 3 is 2.34 bits per heavy atom. The molecule has 1 amide bonds. The number of carbonyl (C=O) groups is 1. The smallest absolute Gasteiger partial charge is 0.256 e. The van der Waals surface area contributed by atoms with Gasteiger partial charge in [0, 0.05) is 24.9 Å². The molecule has 7 nitrogen and oxygen atoms in total. The number of carbonyl (C=O) groups excluding carboxylic acids is 1. The minimum absolute atomic E-state index is 0.148. The Morgan fingerprint density at radius 1 is 1.03 bits per heavy atom. The van der Waals surface area contributed by atoms with Crippen molar-refractivity contribution in [3.63, 3.8) is 0 Å². The number of rotatable bonds is 4. The third-order valence-electron chi connectivity index (χ3n) is 5.04. The van der Waals surface area contributed by atoms with Crippen LogP contribution in [0.5, 0.6) is 0 Å². The molecular weight excluding hydrogens is 388 g/mol. The minimum Gasteiger partial charge on any atom is -0.354 e. The monoisotopic (exact) mass is 410 g/mol. The average molecular weight is 410 g/mol. The largest absolute Gasteiger partial charge is 0.354 e. The fraction of sp³-hybridized carbons (Fsp3) is 0.286. The van der Waals surface area contributed by atoms with Crippen LogP contribution in [0.25, 0.3) is 11.0 Å². The predicted octanol–water partition coefficient (Wildman–Crippen LogP) is 3.19. The first-order valence-electron chi connectivity index (χ1n) is 9.47. The number of benzene rings is 2. The molecule has 1 aliphatic heterocycles. The van der Waals surface area contributed by atoms with Gasteiger partial charge < -0.3 is 10.2 Å². The molecule has 0 atom stereocenters. The molecule has 1 N–H and O–H groups in total. The first kappa shape index (κ1) is 19.3. The molecule has 0 spiro atoms. The number of aromatic nitrogens is 2. The van der Waals surface area contributed by atoms with Crippen molar-refractivity contribution in [3.05, 3.63) is 53.6 Å². The fourth-order valence-corrected chi connectivity index (χ4v) is 4.54. The highest BCUT2D eigenvalue weighted by Crippen LogP contribution is 2.28. The van der Waals surface area contributed by atoms with Crippen molar-refractivity contribution < 1.29 is 13.2 Å². The summed E-state index contributed by atoms with van der Waals surface area (Å²) in [5, 5.41) is 2.84. The number of nitrogens with zero attached hydrogens (tertiary/aromatic N) is 3. The van der Waals surface area contributed by atoms with E-state index in [4.69, 9.17) is 4.98 Å². The lowest BCUT2D eigenvalue weighted by atomic mass is 10.1. The van der Waals surface area contributed by atoms with E-state index in [1.165, 1.54) is 6.07 Å². The number of aryl methyl sites for hydroxylation is 1. The number of hydrogen-bond donors (Lipinski definition) is 1. The highest BCUT2D eigenvalue weighted by molar-refractivity contribution is 7.90. The average Bonchev–Trinajstić information content (AvgIpc) is 3.21. The molecule has 150 valence electrons. The number of anilines is 2. The fourth-order valence-electron chi connectivity index (χ4n) is 3.54. The zero-order valence-corrected chi connectivity index (χ0v) is 17.2. The van der Waals surface area contributed by atoms with Gasteiger partial charge in [-0.3, -0.25) is 4.79 Å². The van der Waals surface area contributed by atoms with Gasteiger partial charge in [-0.25, -0.2) is 18.4 Å². The molecule has 3 aromatic rings. The maximum atomic E-state index is 12.9. The molecule has 1 aromatic heterocycles. The Balaban J connectivity index is 1.73. The molecule has 0 bridgehead atoms. The summed E-state index contributed by atoms with van der Waals surface area (Å²) < 4.78 is 24.0. The molecule has 8 heteroatoms. The Labute approximate surface area is 169 Å². The lowest BCUT2D eigenvalue weighted by Gasteiger charge is -2.20. The molecule has 0 unspecified atom stereocenters. The lowest BCUT2D eigenvalue weighted by molar-refractivity contribution is 0.102. The van der Waals surface area contributed by atoms with Crippen LogP contribution in [0.4, 0.5) is 11.6 Å². The molecule has 1 saturated heterocycles. The normalized spacial score (nSPS) is 14.3. The molecule has 0 aliphatic carbocycles. The molecule has 1 aliphatic rings. The zero-order valence-electron chi connectivity index (χ0n) is 16.3. The van der Waals surface area contributed by atoms with Crippen LogP contribution < -0.4 is 10.2 Å². The van der Waals surface area contributed by atoms with E-state index < -0.39 is 15.7 Å². The molecule has 0 saturated carbocycles. The lowest BCUT2D eigenvalue weighted by Crippen LogP contribution is -2.23. The van der Waals surface area contributed by atoms with E-state index in [0.717, 1.165) is 37.7 Å². The number of nitrogens with one attached hydrogen (secondary N) is 1. The van der Waals surface area contributed by atoms with E-state index >= 15 is 0 Å². The van der Waals surface area contributed by atoms with Gasteiger partial charge >= 0.3 is 0 Å². The van der Waals surface area contributed by atoms with Gasteiger partial charge in [0.25, 0.3) is 5.91 Å². The Bertz CT molecular complexity index is 1200. The van der Waals surface area contributed by atoms with E-state index in [1.54, 1.807) is 19.1 Å². The molecule has 2 aromatic carbocycles. The van der Waals surface area contributed by atoms with Gasteiger partial charge in [0.2, 0.25) is 0 Å². The second-order valence-corrected chi connectivity index (χ2v) is 9.27. The number of para-hydroxylation sites is 2. The van der Waals surface area contributed by atoms with Crippen molar-refractivity contribution in [3.8, 4) is 0 Å². The van der Waals surface area contributed by atoms with Gasteiger partial charge in [-0.15, -0.1) is 0 Å². The van der Waals surface area contributed by atoms with Crippen LogP contribution in [-0.4, -0.2) is 43.6 Å². The Kier molecular flexibility index (Phi) is 4.96. The van der Waals surface area contributed by atoms with Crippen LogP contribution in [0.1, 0.15) is 28.8 Å². The highest BCUT2D eigenvalue weighted by atomic mass is 32.2. The summed E-state index contributed by atoms with van der Waals surface area (Å²) in [6.07, 6.45) is 3.27. The summed E-state index contributed by atoms with van der Waals surface area (Å²) in [4.78, 5) is 24.5. The van der Waals surface area contributed by atoms with Crippen LogP contribution >= 0.6 is 0 Å². The molecule has 29 heavy (non-hydrogen) atoms. The SMILES string of the molecule is Cc1ccc(C(=O)Nc2nc3ccccc3nc2N2CCCC2)cc1S(C)(=O)=O. The highest BCUT2D eigenvalue weighted by Gasteiger charge is 2.22. The van der Waals surface area contributed by atoms with Gasteiger partial charge in [-0.2, -0.15) is 0 Å². The van der Waals surface area contributed by atoms with Gasteiger partial charge in [0.05, 0.1) is 15.9 Å². The van der Waals surface area contributed by atoms with Gasteiger partial charge in [-0.05, 0) is 49.6 Å². The van der Waals surface area contributed by atoms with E-state index in [1.807, 2.05) is 24.3 Å². The number of fused-ring (bicyclic) bond motifs is 1. The summed E-state index contributed by atoms with van der Waals surface area (Å²) in [5.41, 5.74) is 2.32. The van der Waals surface area contributed by atoms with Crippen molar-refractivity contribution in [1.29, 1.82) is 0 Å². The van der Waals surface area contributed by atoms with E-state index in [-0.39, 0.29) is 10.5 Å². The molecule has 1 fully saturated rings. The van der Waals surface area contributed by atoms with Crippen molar-refractivity contribution in [2.45, 2.75) is 24.7 Å². The van der Waals surface area contributed by atoms with Gasteiger partial charge in [-0.1, -0.05) is 18.2 Å². The number of sulfone groups is 1. The third-order valence-corrected chi connectivity index (χ3v) is 6.28. The Morgan fingerprint density at radius 2 is 1.69 bits per heavy atom. The van der Waals surface area contributed by atoms with Gasteiger partial charge in [0.1, 0.15) is 0 Å². The number of hydrogen-bond acceptors (Lipinski definition) is 6. The predicted molar refractivity (Wildman–Crippen MR) is 113 cm³/mol. The molecule has 4 rings (SSSR count). The maximum absolute atomic E-state index is 12.9. The summed E-state index contributed by atoms with van der Waals surface area (Å²) in [7, 11) is -3.43. The standard InChI is InChI=1S/C21H22N4O3S/c1-14-9-10-15(13-18(14)29(2,27)28)21(26)24-19-20(25-11-5-6-12-25)23-17-8-4-3-7-16(17)22-19/h3-4,7-10,13H,5-6,11-12H2,1-2H3,(H,22,24,26). The summed E-state index contributed by atoms with van der Waals surface area (Å²) in [6, 6.07) is 12.2. The van der Waals surface area contributed by atoms with Crippen LogP contribution in [-0.2, 0) is 9.84 Å². The quantitative estimate of drug-likeness (QED) is 0.710. The summed E-state index contributed by atoms with van der Waals surface area (Å²) in [6.45, 7) is 3.43. The summed E-state index contributed by atoms with van der Waals surface area (Å²) in [5.74, 6) is 0.613. The third kappa shape index (κ3) is 3.93. The summed E-state index contributed by atoms with van der Waals surface area (Å²) >= 11 is 0. The second-order valence-electron chi connectivity index (χ2n) is 7.29. The first-order chi connectivity index (χ1) is 13.8. The van der Waals surface area contributed by atoms with Crippen molar-refractivity contribution in [2.75, 3.05) is 29.6 Å². The zero-order chi connectivity index (χ0) is 20.6. The van der Waals surface area contributed by atoms with Gasteiger partial charge in [0.15, 0.2) is 21.5 Å². The topological polar surface area (TPSA) is 92.3 Å². The number of amides is 1. The van der Waals surface area contributed by atoms with E-state index in [0.29, 0.717) is 22.7 Å². The van der Waals surface area contributed by atoms with Crippen molar-refractivity contribution >= 4 is 38.4 Å². The van der Waals surface area contributed by atoms with Crippen LogP contribution in [0, 0.1) is 6.92 Å². The van der Waals surface area contributed by atoms with Crippen molar-refractivity contribution in [1.82, 2.24) is 9.97 Å². The van der Waals surface area contributed by atoms with E-state index in [9.17, 15) is 13.2 Å². The molecule has 0 radical (unpaired) electrons.